The Kier molecular flexibility index (Phi) is 2.55. The van der Waals surface area contributed by atoms with Crippen LogP contribution in [0.1, 0.15) is 16.8 Å². The second kappa shape index (κ2) is 3.86. The molecular formula is C10H13N3O2. The van der Waals surface area contributed by atoms with E-state index in [4.69, 9.17) is 11.5 Å². The molecule has 1 aromatic rings. The lowest BCUT2D eigenvalue weighted by molar-refractivity contribution is 0.149. The number of rotatable bonds is 2. The van der Waals surface area contributed by atoms with Crippen LogP contribution in [0, 0.1) is 0 Å². The Morgan fingerprint density at radius 1 is 1.53 bits per heavy atom. The molecule has 15 heavy (non-hydrogen) atoms. The van der Waals surface area contributed by atoms with Gasteiger partial charge >= 0.3 is 6.09 Å². The second-order valence-corrected chi connectivity index (χ2v) is 3.72. The van der Waals surface area contributed by atoms with Crippen LogP contribution >= 0.6 is 0 Å². The van der Waals surface area contributed by atoms with Crippen molar-refractivity contribution < 1.29 is 9.53 Å². The van der Waals surface area contributed by atoms with Crippen LogP contribution in [0.15, 0.2) is 12.3 Å². The molecular weight excluding hydrogens is 194 g/mol. The highest BCUT2D eigenvalue weighted by molar-refractivity contribution is 5.64. The minimum Gasteiger partial charge on any atom is -0.443 e. The Bertz CT molecular complexity index is 392. The summed E-state index contributed by atoms with van der Waals surface area (Å²) in [6.45, 7) is 0.123. The topological polar surface area (TPSA) is 91.2 Å². The molecule has 1 aromatic heterocycles. The fraction of sp³-hybridized carbons (Fsp3) is 0.400. The average molecular weight is 207 g/mol. The van der Waals surface area contributed by atoms with Gasteiger partial charge in [0.25, 0.3) is 0 Å². The standard InChI is InChI=1S/C10H13N3O2/c11-8-1-6-3-9(5-15-10(12)14)13-4-7(6)2-8/h3-4,8H,1-2,5,11H2,(H2,12,14). The maximum atomic E-state index is 10.4. The van der Waals surface area contributed by atoms with Crippen molar-refractivity contribution in [2.45, 2.75) is 25.5 Å². The maximum absolute atomic E-state index is 10.4. The van der Waals surface area contributed by atoms with E-state index in [1.165, 1.54) is 11.1 Å². The molecule has 1 atom stereocenters. The van der Waals surface area contributed by atoms with E-state index in [0.717, 1.165) is 12.8 Å². The SMILES string of the molecule is NC(=O)OCc1cc2c(cn1)CC(N)C2. The van der Waals surface area contributed by atoms with E-state index in [0.29, 0.717) is 5.69 Å². The number of nitrogens with zero attached hydrogens (tertiary/aromatic N) is 1. The maximum Gasteiger partial charge on any atom is 0.404 e. The zero-order chi connectivity index (χ0) is 10.8. The summed E-state index contributed by atoms with van der Waals surface area (Å²) in [4.78, 5) is 14.6. The predicted molar refractivity (Wildman–Crippen MR) is 54.0 cm³/mol. The van der Waals surface area contributed by atoms with Crippen molar-refractivity contribution in [2.24, 2.45) is 11.5 Å². The van der Waals surface area contributed by atoms with Gasteiger partial charge in [0.15, 0.2) is 0 Å². The Balaban J connectivity index is 2.09. The van der Waals surface area contributed by atoms with Gasteiger partial charge in [-0.2, -0.15) is 0 Å². The quantitative estimate of drug-likeness (QED) is 0.719. The van der Waals surface area contributed by atoms with Crippen LogP contribution in [0.2, 0.25) is 0 Å². The molecule has 0 aliphatic heterocycles. The smallest absolute Gasteiger partial charge is 0.404 e. The Labute approximate surface area is 87.4 Å². The summed E-state index contributed by atoms with van der Waals surface area (Å²) in [6.07, 6.45) is 2.75. The minimum absolute atomic E-state index is 0.123. The fourth-order valence-electron chi connectivity index (χ4n) is 1.81. The van der Waals surface area contributed by atoms with Crippen LogP contribution in [0.5, 0.6) is 0 Å². The fourth-order valence-corrected chi connectivity index (χ4v) is 1.81. The first-order valence-electron chi connectivity index (χ1n) is 4.79. The first-order chi connectivity index (χ1) is 7.15. The van der Waals surface area contributed by atoms with Crippen LogP contribution < -0.4 is 11.5 Å². The molecule has 0 radical (unpaired) electrons. The lowest BCUT2D eigenvalue weighted by Crippen LogP contribution is -2.19. The van der Waals surface area contributed by atoms with Crippen LogP contribution in [0.25, 0.3) is 0 Å². The van der Waals surface area contributed by atoms with Crippen LogP contribution in [-0.2, 0) is 24.2 Å². The summed E-state index contributed by atoms with van der Waals surface area (Å²) in [6, 6.07) is 2.11. The third kappa shape index (κ3) is 2.24. The number of hydrogen-bond donors (Lipinski definition) is 2. The highest BCUT2D eigenvalue weighted by Gasteiger charge is 2.18. The van der Waals surface area contributed by atoms with Gasteiger partial charge < -0.3 is 16.2 Å². The molecule has 5 nitrogen and oxygen atoms in total. The zero-order valence-electron chi connectivity index (χ0n) is 8.27. The van der Waals surface area contributed by atoms with Gasteiger partial charge in [-0.1, -0.05) is 0 Å². The Hall–Kier alpha value is -1.62. The lowest BCUT2D eigenvalue weighted by Gasteiger charge is -2.03. The van der Waals surface area contributed by atoms with E-state index in [1.54, 1.807) is 6.20 Å². The van der Waals surface area contributed by atoms with E-state index in [1.807, 2.05) is 6.07 Å². The monoisotopic (exact) mass is 207 g/mol. The van der Waals surface area contributed by atoms with Crippen molar-refractivity contribution in [1.29, 1.82) is 0 Å². The number of carbonyl (C=O) groups excluding carboxylic acids is 1. The molecule has 0 saturated carbocycles. The molecule has 0 saturated heterocycles. The van der Waals surface area contributed by atoms with Crippen LogP contribution in [0.3, 0.4) is 0 Å². The molecule has 0 bridgehead atoms. The third-order valence-corrected chi connectivity index (χ3v) is 2.47. The lowest BCUT2D eigenvalue weighted by atomic mass is 10.1. The summed E-state index contributed by atoms with van der Waals surface area (Å²) in [5.41, 5.74) is 13.8. The molecule has 4 N–H and O–H groups in total. The number of pyridine rings is 1. The van der Waals surface area contributed by atoms with Gasteiger partial charge in [-0.15, -0.1) is 0 Å². The number of primary amides is 1. The number of amides is 1. The van der Waals surface area contributed by atoms with Gasteiger partial charge in [-0.25, -0.2) is 4.79 Å². The molecule has 80 valence electrons. The van der Waals surface area contributed by atoms with Gasteiger partial charge in [0.1, 0.15) is 6.61 Å². The van der Waals surface area contributed by atoms with Crippen molar-refractivity contribution in [3.63, 3.8) is 0 Å². The molecule has 1 aliphatic rings. The summed E-state index contributed by atoms with van der Waals surface area (Å²) in [5.74, 6) is 0. The molecule has 1 amide bonds. The van der Waals surface area contributed by atoms with Gasteiger partial charge in [-0.3, -0.25) is 4.98 Å². The number of carbonyl (C=O) groups is 1. The first-order valence-corrected chi connectivity index (χ1v) is 4.79. The molecule has 0 spiro atoms. The molecule has 1 heterocycles. The van der Waals surface area contributed by atoms with Crippen molar-refractivity contribution >= 4 is 6.09 Å². The minimum atomic E-state index is -0.783. The highest BCUT2D eigenvalue weighted by Crippen LogP contribution is 2.20. The van der Waals surface area contributed by atoms with Crippen molar-refractivity contribution in [1.82, 2.24) is 4.98 Å². The molecule has 1 unspecified atom stereocenters. The molecule has 0 aromatic carbocycles. The van der Waals surface area contributed by atoms with Crippen molar-refractivity contribution in [2.75, 3.05) is 0 Å². The first kappa shape index (κ1) is 9.92. The third-order valence-electron chi connectivity index (χ3n) is 2.47. The second-order valence-electron chi connectivity index (χ2n) is 3.72. The Morgan fingerprint density at radius 3 is 3.00 bits per heavy atom. The molecule has 1 aliphatic carbocycles. The molecule has 0 fully saturated rings. The molecule has 5 heteroatoms. The number of fused-ring (bicyclic) bond motifs is 1. The van der Waals surface area contributed by atoms with E-state index in [2.05, 4.69) is 9.72 Å². The Morgan fingerprint density at radius 2 is 2.27 bits per heavy atom. The largest absolute Gasteiger partial charge is 0.443 e. The van der Waals surface area contributed by atoms with Crippen molar-refractivity contribution in [3.05, 3.63) is 29.1 Å². The van der Waals surface area contributed by atoms with E-state index >= 15 is 0 Å². The summed E-state index contributed by atoms with van der Waals surface area (Å²) >= 11 is 0. The van der Waals surface area contributed by atoms with Crippen molar-refractivity contribution in [3.8, 4) is 0 Å². The summed E-state index contributed by atoms with van der Waals surface area (Å²) in [5, 5.41) is 0. The van der Waals surface area contributed by atoms with E-state index < -0.39 is 6.09 Å². The normalized spacial score (nSPS) is 18.6. The number of aromatic nitrogens is 1. The predicted octanol–water partition coefficient (Wildman–Crippen LogP) is 0.103. The van der Waals surface area contributed by atoms with Gasteiger partial charge in [0.05, 0.1) is 5.69 Å². The summed E-state index contributed by atoms with van der Waals surface area (Å²) < 4.78 is 4.66. The summed E-state index contributed by atoms with van der Waals surface area (Å²) in [7, 11) is 0. The molecule has 2 rings (SSSR count). The highest BCUT2D eigenvalue weighted by atomic mass is 16.5. The van der Waals surface area contributed by atoms with Gasteiger partial charge in [0, 0.05) is 12.2 Å². The number of hydrogen-bond acceptors (Lipinski definition) is 4. The van der Waals surface area contributed by atoms with Gasteiger partial charge in [-0.05, 0) is 30.0 Å². The van der Waals surface area contributed by atoms with Gasteiger partial charge in [0.2, 0.25) is 0 Å². The average Bonchev–Trinajstić information content (AvgIpc) is 2.53. The van der Waals surface area contributed by atoms with Crippen LogP contribution in [-0.4, -0.2) is 17.1 Å². The van der Waals surface area contributed by atoms with E-state index in [9.17, 15) is 4.79 Å². The number of ether oxygens (including phenoxy) is 1. The van der Waals surface area contributed by atoms with E-state index in [-0.39, 0.29) is 12.6 Å². The zero-order valence-corrected chi connectivity index (χ0v) is 8.27. The van der Waals surface area contributed by atoms with Crippen LogP contribution in [0.4, 0.5) is 4.79 Å². The number of nitrogens with two attached hydrogens (primary N) is 2.